The highest BCUT2D eigenvalue weighted by atomic mass is 35.5. The van der Waals surface area contributed by atoms with Crippen molar-refractivity contribution in [1.29, 1.82) is 0 Å². The molecule has 2 aliphatic rings. The van der Waals surface area contributed by atoms with E-state index in [9.17, 15) is 4.79 Å². The topological polar surface area (TPSA) is 57.7 Å². The van der Waals surface area contributed by atoms with Gasteiger partial charge in [-0.15, -0.1) is 36.2 Å². The molecular formula is C14H24Cl2N4O2S. The summed E-state index contributed by atoms with van der Waals surface area (Å²) in [5.41, 5.74) is 2.99. The molecule has 0 radical (unpaired) electrons. The zero-order valence-corrected chi connectivity index (χ0v) is 15.6. The fourth-order valence-electron chi connectivity index (χ4n) is 2.88. The first-order chi connectivity index (χ1) is 10.2. The van der Waals surface area contributed by atoms with Crippen molar-refractivity contribution in [2.75, 3.05) is 39.3 Å². The number of halogens is 2. The predicted molar refractivity (Wildman–Crippen MR) is 95.7 cm³/mol. The lowest BCUT2D eigenvalue weighted by Gasteiger charge is -2.38. The van der Waals surface area contributed by atoms with Crippen LogP contribution >= 0.6 is 36.2 Å². The maximum atomic E-state index is 12.5. The number of hydrogen-bond donors (Lipinski definition) is 1. The summed E-state index contributed by atoms with van der Waals surface area (Å²) < 4.78 is 5.57. The van der Waals surface area contributed by atoms with Crippen LogP contribution in [0.2, 0.25) is 0 Å². The Balaban J connectivity index is 0.00000132. The molecule has 1 N–H and O–H groups in total. The first-order valence-corrected chi connectivity index (χ1v) is 8.41. The Morgan fingerprint density at radius 1 is 1.39 bits per heavy atom. The molecule has 9 heteroatoms. The molecule has 6 nitrogen and oxygen atoms in total. The predicted octanol–water partition coefficient (Wildman–Crippen LogP) is 1.01. The van der Waals surface area contributed by atoms with Crippen LogP contribution in [0.25, 0.3) is 0 Å². The quantitative estimate of drug-likeness (QED) is 0.844. The Hall–Kier alpha value is -0.440. The smallest absolute Gasteiger partial charge is 0.242 e. The average Bonchev–Trinajstić information content (AvgIpc) is 3.01. The van der Waals surface area contributed by atoms with Crippen LogP contribution in [0.1, 0.15) is 12.6 Å². The van der Waals surface area contributed by atoms with Crippen molar-refractivity contribution in [3.8, 4) is 0 Å². The van der Waals surface area contributed by atoms with Crippen molar-refractivity contribution in [2.45, 2.75) is 25.6 Å². The molecule has 0 saturated carbocycles. The van der Waals surface area contributed by atoms with Crippen LogP contribution in [0.3, 0.4) is 0 Å². The van der Waals surface area contributed by atoms with E-state index in [1.165, 1.54) is 0 Å². The molecule has 0 bridgehead atoms. The molecule has 132 valence electrons. The third-order valence-electron chi connectivity index (χ3n) is 4.14. The first kappa shape index (κ1) is 20.6. The highest BCUT2D eigenvalue weighted by Crippen LogP contribution is 2.12. The largest absolute Gasteiger partial charge is 0.375 e. The normalized spacial score (nSPS) is 25.3. The van der Waals surface area contributed by atoms with Gasteiger partial charge in [0.25, 0.3) is 0 Å². The standard InChI is InChI=1S/C14H22N4O2S.2ClH/c1-11-13(15-2-7-20-11)14(19)18-5-3-17(4-6-18)8-12-9-21-10-16-12;;/h9-11,13,15H,2-8H2,1H3;2*1H/t11-,13+;;/m1../s1. The van der Waals surface area contributed by atoms with E-state index in [2.05, 4.69) is 20.6 Å². The number of hydrogen-bond acceptors (Lipinski definition) is 6. The Morgan fingerprint density at radius 2 is 2.13 bits per heavy atom. The Bertz CT molecular complexity index is 469. The third-order valence-corrected chi connectivity index (χ3v) is 4.77. The number of aromatic nitrogens is 1. The first-order valence-electron chi connectivity index (χ1n) is 7.47. The number of carbonyl (C=O) groups excluding carboxylic acids is 1. The zero-order valence-electron chi connectivity index (χ0n) is 13.1. The number of thiazole rings is 1. The van der Waals surface area contributed by atoms with Crippen molar-refractivity contribution in [2.24, 2.45) is 0 Å². The molecule has 2 saturated heterocycles. The number of nitrogens with zero attached hydrogens (tertiary/aromatic N) is 3. The number of amides is 1. The van der Waals surface area contributed by atoms with E-state index < -0.39 is 0 Å². The van der Waals surface area contributed by atoms with E-state index in [-0.39, 0.29) is 42.9 Å². The zero-order chi connectivity index (χ0) is 14.7. The molecule has 0 unspecified atom stereocenters. The van der Waals surface area contributed by atoms with Gasteiger partial charge >= 0.3 is 0 Å². The number of morpholine rings is 1. The molecule has 1 aromatic rings. The molecule has 23 heavy (non-hydrogen) atoms. The van der Waals surface area contributed by atoms with Gasteiger partial charge in [-0.2, -0.15) is 0 Å². The van der Waals surface area contributed by atoms with E-state index in [4.69, 9.17) is 4.74 Å². The summed E-state index contributed by atoms with van der Waals surface area (Å²) in [7, 11) is 0. The summed E-state index contributed by atoms with van der Waals surface area (Å²) in [6.45, 7) is 7.68. The van der Waals surface area contributed by atoms with Gasteiger partial charge in [0.05, 0.1) is 23.9 Å². The van der Waals surface area contributed by atoms with Gasteiger partial charge in [-0.25, -0.2) is 4.98 Å². The van der Waals surface area contributed by atoms with Crippen molar-refractivity contribution >= 4 is 42.1 Å². The van der Waals surface area contributed by atoms with Crippen LogP contribution in [-0.4, -0.2) is 72.2 Å². The van der Waals surface area contributed by atoms with Gasteiger partial charge in [-0.1, -0.05) is 0 Å². The summed E-state index contributed by atoms with van der Waals surface area (Å²) in [4.78, 5) is 21.2. The van der Waals surface area contributed by atoms with Crippen LogP contribution in [-0.2, 0) is 16.1 Å². The minimum atomic E-state index is -0.191. The van der Waals surface area contributed by atoms with Crippen molar-refractivity contribution in [3.63, 3.8) is 0 Å². The average molecular weight is 383 g/mol. The molecule has 1 amide bonds. The summed E-state index contributed by atoms with van der Waals surface area (Å²) in [6, 6.07) is -0.191. The van der Waals surface area contributed by atoms with Crippen LogP contribution in [0.5, 0.6) is 0 Å². The molecule has 2 fully saturated rings. The Labute approximate surface area is 153 Å². The van der Waals surface area contributed by atoms with Crippen LogP contribution in [0.15, 0.2) is 10.9 Å². The van der Waals surface area contributed by atoms with E-state index in [1.807, 2.05) is 17.3 Å². The SMILES string of the molecule is C[C@H]1OCCN[C@@H]1C(=O)N1CCN(Cc2cscn2)CC1.Cl.Cl. The second-order valence-corrected chi connectivity index (χ2v) is 6.31. The molecule has 3 rings (SSSR count). The highest BCUT2D eigenvalue weighted by molar-refractivity contribution is 7.07. The van der Waals surface area contributed by atoms with Gasteiger partial charge in [0.2, 0.25) is 5.91 Å². The van der Waals surface area contributed by atoms with E-state index >= 15 is 0 Å². The lowest BCUT2D eigenvalue weighted by molar-refractivity contribution is -0.141. The minimum absolute atomic E-state index is 0. The Kier molecular flexibility index (Phi) is 8.74. The molecule has 0 spiro atoms. The molecule has 2 aliphatic heterocycles. The van der Waals surface area contributed by atoms with E-state index in [0.29, 0.717) is 6.61 Å². The maximum Gasteiger partial charge on any atom is 0.242 e. The number of ether oxygens (including phenoxy) is 1. The minimum Gasteiger partial charge on any atom is -0.375 e. The van der Waals surface area contributed by atoms with Crippen LogP contribution in [0.4, 0.5) is 0 Å². The second kappa shape index (κ2) is 9.76. The molecule has 0 aliphatic carbocycles. The number of carbonyl (C=O) groups is 1. The van der Waals surface area contributed by atoms with Crippen molar-refractivity contribution in [3.05, 3.63) is 16.6 Å². The van der Waals surface area contributed by atoms with E-state index in [0.717, 1.165) is 45.0 Å². The van der Waals surface area contributed by atoms with Crippen LogP contribution < -0.4 is 5.32 Å². The fourth-order valence-corrected chi connectivity index (χ4v) is 3.43. The Morgan fingerprint density at radius 3 is 2.74 bits per heavy atom. The van der Waals surface area contributed by atoms with Gasteiger partial charge in [0.1, 0.15) is 6.04 Å². The molecule has 0 aromatic carbocycles. The van der Waals surface area contributed by atoms with Gasteiger partial charge in [-0.05, 0) is 6.92 Å². The van der Waals surface area contributed by atoms with Gasteiger partial charge in [-0.3, -0.25) is 9.69 Å². The monoisotopic (exact) mass is 382 g/mol. The van der Waals surface area contributed by atoms with E-state index in [1.54, 1.807) is 11.3 Å². The summed E-state index contributed by atoms with van der Waals surface area (Å²) in [5, 5.41) is 5.36. The summed E-state index contributed by atoms with van der Waals surface area (Å²) in [5.74, 6) is 0.176. The number of rotatable bonds is 3. The van der Waals surface area contributed by atoms with Gasteiger partial charge in [0.15, 0.2) is 0 Å². The van der Waals surface area contributed by atoms with Crippen LogP contribution in [0, 0.1) is 0 Å². The maximum absolute atomic E-state index is 12.5. The lowest BCUT2D eigenvalue weighted by Crippen LogP contribution is -2.59. The van der Waals surface area contributed by atoms with Gasteiger partial charge < -0.3 is 15.0 Å². The molecule has 3 heterocycles. The third kappa shape index (κ3) is 5.27. The number of piperazine rings is 1. The van der Waals surface area contributed by atoms with Gasteiger partial charge in [0, 0.05) is 44.6 Å². The molecule has 1 aromatic heterocycles. The fraction of sp³-hybridized carbons (Fsp3) is 0.714. The van der Waals surface area contributed by atoms with Crippen molar-refractivity contribution < 1.29 is 9.53 Å². The highest BCUT2D eigenvalue weighted by Gasteiger charge is 2.33. The van der Waals surface area contributed by atoms with Crippen molar-refractivity contribution in [1.82, 2.24) is 20.1 Å². The number of nitrogens with one attached hydrogen (secondary N) is 1. The summed E-state index contributed by atoms with van der Waals surface area (Å²) in [6.07, 6.45) is -0.0423. The molecular weight excluding hydrogens is 359 g/mol. The second-order valence-electron chi connectivity index (χ2n) is 5.59. The molecule has 2 atom stereocenters. The lowest BCUT2D eigenvalue weighted by atomic mass is 10.1. The summed E-state index contributed by atoms with van der Waals surface area (Å²) >= 11 is 1.63.